The summed E-state index contributed by atoms with van der Waals surface area (Å²) in [6.45, 7) is 4.67. The fraction of sp³-hybridized carbons (Fsp3) is 0.387. The molecule has 0 radical (unpaired) electrons. The van der Waals surface area contributed by atoms with Gasteiger partial charge < -0.3 is 25.5 Å². The number of carboxylic acid groups (broad SMARTS) is 1. The summed E-state index contributed by atoms with van der Waals surface area (Å²) in [5.41, 5.74) is 3.43. The Labute approximate surface area is 248 Å². The second-order valence-corrected chi connectivity index (χ2v) is 11.0. The molecule has 2 aliphatic heterocycles. The number of hydrogen-bond acceptors (Lipinski definition) is 5. The van der Waals surface area contributed by atoms with Crippen molar-refractivity contribution in [3.05, 3.63) is 86.2 Å². The van der Waals surface area contributed by atoms with Crippen LogP contribution >= 0.6 is 0 Å². The molecule has 0 bridgehead atoms. The van der Waals surface area contributed by atoms with E-state index >= 15 is 0 Å². The van der Waals surface area contributed by atoms with Crippen LogP contribution in [0.2, 0.25) is 0 Å². The molecule has 1 saturated heterocycles. The van der Waals surface area contributed by atoms with Crippen molar-refractivity contribution in [1.29, 1.82) is 0 Å². The highest BCUT2D eigenvalue weighted by Gasteiger charge is 2.31. The van der Waals surface area contributed by atoms with Gasteiger partial charge in [0.25, 0.3) is 5.56 Å². The number of amides is 4. The first-order valence-electron chi connectivity index (χ1n) is 14.4. The number of urea groups is 1. The summed E-state index contributed by atoms with van der Waals surface area (Å²) >= 11 is 0. The number of nitrogens with one attached hydrogen (secondary N) is 2. The van der Waals surface area contributed by atoms with Crippen molar-refractivity contribution in [3.8, 4) is 11.1 Å². The molecule has 12 nitrogen and oxygen atoms in total. The third-order valence-corrected chi connectivity index (χ3v) is 8.45. The predicted molar refractivity (Wildman–Crippen MR) is 161 cm³/mol. The largest absolute Gasteiger partial charge is 0.465 e. The molecule has 0 saturated carbocycles. The van der Waals surface area contributed by atoms with Crippen LogP contribution in [0.4, 0.5) is 15.3 Å². The Kier molecular flexibility index (Phi) is 8.65. The third kappa shape index (κ3) is 6.32. The van der Waals surface area contributed by atoms with Crippen LogP contribution in [0.5, 0.6) is 0 Å². The number of benzene rings is 2. The first kappa shape index (κ1) is 29.6. The number of para-hydroxylation sites is 1. The number of piperidine rings is 1. The summed E-state index contributed by atoms with van der Waals surface area (Å²) in [6, 6.07) is 13.1. The van der Waals surface area contributed by atoms with E-state index in [0.29, 0.717) is 38.0 Å². The van der Waals surface area contributed by atoms with Crippen molar-refractivity contribution in [2.75, 3.05) is 31.5 Å². The molecule has 0 atom stereocenters. The maximum Gasteiger partial charge on any atom is 0.404 e. The van der Waals surface area contributed by atoms with Gasteiger partial charge in [-0.05, 0) is 61.4 Å². The molecular weight excluding hydrogens is 552 g/mol. The van der Waals surface area contributed by atoms with Crippen LogP contribution in [0, 0.1) is 13.8 Å². The van der Waals surface area contributed by atoms with Gasteiger partial charge in [0.15, 0.2) is 0 Å². The molecule has 4 amide bonds. The highest BCUT2D eigenvalue weighted by Crippen LogP contribution is 2.25. The molecule has 3 aromatic rings. The monoisotopic (exact) mass is 588 g/mol. The van der Waals surface area contributed by atoms with E-state index in [1.54, 1.807) is 11.0 Å². The van der Waals surface area contributed by atoms with Crippen LogP contribution in [-0.2, 0) is 24.3 Å². The van der Waals surface area contributed by atoms with E-state index in [4.69, 9.17) is 5.11 Å². The van der Waals surface area contributed by atoms with Gasteiger partial charge in [0, 0.05) is 50.6 Å². The van der Waals surface area contributed by atoms with Crippen molar-refractivity contribution in [2.45, 2.75) is 52.2 Å². The van der Waals surface area contributed by atoms with Crippen LogP contribution in [0.3, 0.4) is 0 Å². The lowest BCUT2D eigenvalue weighted by Crippen LogP contribution is -2.51. The minimum absolute atomic E-state index is 0.0133. The average Bonchev–Trinajstić information content (AvgIpc) is 3.15. The Hall–Kier alpha value is -4.87. The molecule has 1 fully saturated rings. The highest BCUT2D eigenvalue weighted by molar-refractivity contribution is 5.91. The topological polar surface area (TPSA) is 146 Å². The number of carbonyl (C=O) groups is 3. The van der Waals surface area contributed by atoms with Gasteiger partial charge in [0.05, 0.1) is 5.56 Å². The molecule has 2 aliphatic rings. The van der Waals surface area contributed by atoms with Crippen molar-refractivity contribution in [2.24, 2.45) is 0 Å². The smallest absolute Gasteiger partial charge is 0.404 e. The van der Waals surface area contributed by atoms with Gasteiger partial charge in [-0.15, -0.1) is 0 Å². The fourth-order valence-electron chi connectivity index (χ4n) is 5.88. The van der Waals surface area contributed by atoms with Gasteiger partial charge in [-0.2, -0.15) is 0 Å². The summed E-state index contributed by atoms with van der Waals surface area (Å²) in [5, 5.41) is 14.1. The van der Waals surface area contributed by atoms with Crippen molar-refractivity contribution >= 4 is 23.7 Å². The van der Waals surface area contributed by atoms with E-state index in [1.807, 2.05) is 55.1 Å². The molecule has 0 aliphatic carbocycles. The quantitative estimate of drug-likeness (QED) is 0.387. The van der Waals surface area contributed by atoms with E-state index in [1.165, 1.54) is 10.8 Å². The van der Waals surface area contributed by atoms with Crippen molar-refractivity contribution in [1.82, 2.24) is 24.3 Å². The zero-order valence-corrected chi connectivity index (χ0v) is 24.3. The van der Waals surface area contributed by atoms with Crippen LogP contribution in [-0.4, -0.2) is 74.3 Å². The normalized spacial score (nSPS) is 15.4. The summed E-state index contributed by atoms with van der Waals surface area (Å²) in [6.07, 6.45) is 2.13. The molecule has 3 N–H and O–H groups in total. The SMILES string of the molecule is Cc1cccc(-c2cn(CC(=O)N3CCC(N4CCc5ccccc5NC4=O)CC3)c(=O)n(CCNC(=O)O)c2=O)c1C. The van der Waals surface area contributed by atoms with Crippen LogP contribution in [0.15, 0.2) is 58.3 Å². The zero-order valence-electron chi connectivity index (χ0n) is 24.3. The number of aromatic nitrogens is 2. The minimum atomic E-state index is -1.26. The first-order valence-corrected chi connectivity index (χ1v) is 14.4. The first-order chi connectivity index (χ1) is 20.6. The lowest BCUT2D eigenvalue weighted by atomic mass is 9.99. The Bertz CT molecular complexity index is 1670. The molecule has 2 aromatic carbocycles. The summed E-state index contributed by atoms with van der Waals surface area (Å²) in [7, 11) is 0. The van der Waals surface area contributed by atoms with Gasteiger partial charge >= 0.3 is 17.8 Å². The third-order valence-electron chi connectivity index (χ3n) is 8.45. The standard InChI is InChI=1S/C31H36N6O6/c1-20-6-5-8-24(21(20)2)25-18-35(31(43)37(28(25)39)17-13-32-30(41)42)19-27(38)34-14-11-23(12-15-34)36-16-10-22-7-3-4-9-26(22)33-29(36)40/h3-9,18,23,32H,10-17,19H2,1-2H3,(H,33,40)(H,41,42). The number of likely N-dealkylation sites (tertiary alicyclic amines) is 1. The lowest BCUT2D eigenvalue weighted by molar-refractivity contribution is -0.133. The van der Waals surface area contributed by atoms with Crippen molar-refractivity contribution in [3.63, 3.8) is 0 Å². The van der Waals surface area contributed by atoms with E-state index < -0.39 is 17.3 Å². The van der Waals surface area contributed by atoms with Crippen LogP contribution < -0.4 is 21.9 Å². The lowest BCUT2D eigenvalue weighted by Gasteiger charge is -2.38. The van der Waals surface area contributed by atoms with Crippen LogP contribution in [0.25, 0.3) is 11.1 Å². The Morgan fingerprint density at radius 2 is 1.72 bits per heavy atom. The maximum absolute atomic E-state index is 13.4. The Morgan fingerprint density at radius 1 is 0.977 bits per heavy atom. The molecule has 5 rings (SSSR count). The molecule has 1 aromatic heterocycles. The van der Waals surface area contributed by atoms with Crippen molar-refractivity contribution < 1.29 is 19.5 Å². The average molecular weight is 589 g/mol. The van der Waals surface area contributed by atoms with Gasteiger partial charge in [-0.1, -0.05) is 36.4 Å². The zero-order chi connectivity index (χ0) is 30.7. The Morgan fingerprint density at radius 3 is 2.47 bits per heavy atom. The number of aryl methyl sites for hydroxylation is 1. The molecular formula is C31H36N6O6. The molecule has 43 heavy (non-hydrogen) atoms. The molecule has 226 valence electrons. The van der Waals surface area contributed by atoms with Gasteiger partial charge in [0.2, 0.25) is 5.91 Å². The molecule has 3 heterocycles. The van der Waals surface area contributed by atoms with E-state index in [9.17, 15) is 24.0 Å². The van der Waals surface area contributed by atoms with Gasteiger partial charge in [-0.3, -0.25) is 18.7 Å². The number of rotatable bonds is 7. The molecule has 0 spiro atoms. The number of hydrogen-bond donors (Lipinski definition) is 3. The molecule has 12 heteroatoms. The summed E-state index contributed by atoms with van der Waals surface area (Å²) in [4.78, 5) is 67.7. The predicted octanol–water partition coefficient (Wildman–Crippen LogP) is 2.64. The minimum Gasteiger partial charge on any atom is -0.465 e. The number of fused-ring (bicyclic) bond motifs is 1. The highest BCUT2D eigenvalue weighted by atomic mass is 16.4. The van der Waals surface area contributed by atoms with E-state index in [2.05, 4.69) is 10.6 Å². The molecule has 0 unspecified atom stereocenters. The number of nitrogens with zero attached hydrogens (tertiary/aromatic N) is 4. The van der Waals surface area contributed by atoms with Crippen LogP contribution in [0.1, 0.15) is 29.5 Å². The fourth-order valence-corrected chi connectivity index (χ4v) is 5.88. The number of carbonyl (C=O) groups excluding carboxylic acids is 2. The second-order valence-electron chi connectivity index (χ2n) is 11.0. The van der Waals surface area contributed by atoms with Gasteiger partial charge in [-0.25, -0.2) is 14.4 Å². The number of anilines is 1. The summed E-state index contributed by atoms with van der Waals surface area (Å²) < 4.78 is 2.20. The second kappa shape index (κ2) is 12.6. The van der Waals surface area contributed by atoms with E-state index in [-0.39, 0.29) is 43.2 Å². The van der Waals surface area contributed by atoms with E-state index in [0.717, 1.165) is 33.4 Å². The maximum atomic E-state index is 13.4. The van der Waals surface area contributed by atoms with Gasteiger partial charge in [0.1, 0.15) is 6.54 Å². The Balaban J connectivity index is 1.32. The summed E-state index contributed by atoms with van der Waals surface area (Å²) in [5.74, 6) is -0.269.